The summed E-state index contributed by atoms with van der Waals surface area (Å²) in [7, 11) is 0. The van der Waals surface area contributed by atoms with Gasteiger partial charge in [0.15, 0.2) is 5.92 Å². The Balaban J connectivity index is 2.50. The summed E-state index contributed by atoms with van der Waals surface area (Å²) in [6.07, 6.45) is -4.71. The molecule has 2 aromatic rings. The molecular formula is C13H9F3N4. The van der Waals surface area contributed by atoms with Crippen LogP contribution in [0.2, 0.25) is 0 Å². The molecule has 0 aliphatic rings. The number of hydrogen-bond acceptors (Lipinski definition) is 3. The zero-order chi connectivity index (χ0) is 14.8. The molecule has 0 saturated heterocycles. The van der Waals surface area contributed by atoms with Crippen LogP contribution in [-0.2, 0) is 13.0 Å². The van der Waals surface area contributed by atoms with Gasteiger partial charge in [-0.2, -0.15) is 23.7 Å². The molecule has 2 rings (SSSR count). The highest BCUT2D eigenvalue weighted by Crippen LogP contribution is 2.29. The molecule has 1 atom stereocenters. The number of fused-ring (bicyclic) bond motifs is 1. The molecule has 102 valence electrons. The second-order valence-corrected chi connectivity index (χ2v) is 4.19. The monoisotopic (exact) mass is 278 g/mol. The first-order valence-corrected chi connectivity index (χ1v) is 5.74. The highest BCUT2D eigenvalue weighted by atomic mass is 19.4. The summed E-state index contributed by atoms with van der Waals surface area (Å²) in [4.78, 5) is 4.14. The van der Waals surface area contributed by atoms with Gasteiger partial charge >= 0.3 is 6.18 Å². The summed E-state index contributed by atoms with van der Waals surface area (Å²) >= 11 is 0. The molecule has 0 saturated carbocycles. The number of rotatable bonds is 3. The Bertz CT molecular complexity index is 703. The number of hydrogen-bond donors (Lipinski definition) is 0. The summed E-state index contributed by atoms with van der Waals surface area (Å²) in [6.45, 7) is -0.558. The fourth-order valence-corrected chi connectivity index (χ4v) is 1.93. The van der Waals surface area contributed by atoms with Crippen LogP contribution in [0, 0.1) is 28.6 Å². The largest absolute Gasteiger partial charge is 0.406 e. The standard InChI is InChI=1S/C13H9F3N4/c14-13(15,16)9(7-18)8-20-11-4-2-1-3-10(11)19-12(20)5-6-17/h1-4,9H,5,8H2. The molecule has 1 heterocycles. The Morgan fingerprint density at radius 1 is 1.25 bits per heavy atom. The fraction of sp³-hybridized carbons (Fsp3) is 0.308. The Morgan fingerprint density at radius 3 is 2.55 bits per heavy atom. The predicted octanol–water partition coefficient (Wildman–Crippen LogP) is 2.80. The van der Waals surface area contributed by atoms with Gasteiger partial charge in [-0.25, -0.2) is 4.98 Å². The number of halogens is 3. The first kappa shape index (κ1) is 13.9. The van der Waals surface area contributed by atoms with Crippen molar-refractivity contribution in [3.63, 3.8) is 0 Å². The Kier molecular flexibility index (Phi) is 3.62. The van der Waals surface area contributed by atoms with Gasteiger partial charge in [-0.1, -0.05) is 12.1 Å². The molecule has 0 bridgehead atoms. The Hall–Kier alpha value is -2.54. The van der Waals surface area contributed by atoms with Crippen molar-refractivity contribution in [2.24, 2.45) is 5.92 Å². The molecule has 4 nitrogen and oxygen atoms in total. The van der Waals surface area contributed by atoms with Crippen molar-refractivity contribution in [1.82, 2.24) is 9.55 Å². The van der Waals surface area contributed by atoms with E-state index >= 15 is 0 Å². The van der Waals surface area contributed by atoms with Gasteiger partial charge in [0.25, 0.3) is 0 Å². The summed E-state index contributed by atoms with van der Waals surface area (Å²) in [5.41, 5.74) is 0.999. The SMILES string of the molecule is N#CCc1nc2ccccc2n1CC(C#N)C(F)(F)F. The number of imidazole rings is 1. The predicted molar refractivity (Wildman–Crippen MR) is 64.2 cm³/mol. The van der Waals surface area contributed by atoms with E-state index < -0.39 is 18.6 Å². The summed E-state index contributed by atoms with van der Waals surface area (Å²) in [6, 6.07) is 9.78. The van der Waals surface area contributed by atoms with Crippen LogP contribution < -0.4 is 0 Å². The van der Waals surface area contributed by atoms with Crippen molar-refractivity contribution in [2.45, 2.75) is 19.1 Å². The second-order valence-electron chi connectivity index (χ2n) is 4.19. The minimum Gasteiger partial charge on any atom is -0.325 e. The van der Waals surface area contributed by atoms with E-state index in [1.54, 1.807) is 24.3 Å². The molecule has 0 aliphatic carbocycles. The van der Waals surface area contributed by atoms with Gasteiger partial charge < -0.3 is 4.57 Å². The number of aromatic nitrogens is 2. The maximum atomic E-state index is 12.7. The summed E-state index contributed by atoms with van der Waals surface area (Å²) in [5.74, 6) is -1.89. The number of nitrogens with zero attached hydrogens (tertiary/aromatic N) is 4. The topological polar surface area (TPSA) is 65.4 Å². The highest BCUT2D eigenvalue weighted by Gasteiger charge is 2.40. The van der Waals surface area contributed by atoms with Crippen LogP contribution in [0.3, 0.4) is 0 Å². The third-order valence-electron chi connectivity index (χ3n) is 2.89. The van der Waals surface area contributed by atoms with Gasteiger partial charge in [-0.15, -0.1) is 0 Å². The number of nitriles is 2. The lowest BCUT2D eigenvalue weighted by molar-refractivity contribution is -0.161. The molecule has 0 fully saturated rings. The number of para-hydroxylation sites is 2. The molecule has 7 heteroatoms. The van der Waals surface area contributed by atoms with E-state index in [9.17, 15) is 13.2 Å². The molecule has 1 aromatic carbocycles. The van der Waals surface area contributed by atoms with E-state index in [0.717, 1.165) is 0 Å². The molecule has 0 aliphatic heterocycles. The number of alkyl halides is 3. The average molecular weight is 278 g/mol. The normalized spacial score (nSPS) is 12.8. The zero-order valence-corrected chi connectivity index (χ0v) is 10.2. The van der Waals surface area contributed by atoms with Crippen LogP contribution in [0.15, 0.2) is 24.3 Å². The van der Waals surface area contributed by atoms with Crippen molar-refractivity contribution in [1.29, 1.82) is 10.5 Å². The van der Waals surface area contributed by atoms with E-state index in [1.807, 2.05) is 6.07 Å². The van der Waals surface area contributed by atoms with Gasteiger partial charge in [-0.3, -0.25) is 0 Å². The van der Waals surface area contributed by atoms with Crippen molar-refractivity contribution < 1.29 is 13.2 Å². The fourth-order valence-electron chi connectivity index (χ4n) is 1.93. The second kappa shape index (κ2) is 5.22. The van der Waals surface area contributed by atoms with Gasteiger partial charge in [-0.05, 0) is 12.1 Å². The van der Waals surface area contributed by atoms with Gasteiger partial charge in [0.05, 0.1) is 29.6 Å². The lowest BCUT2D eigenvalue weighted by Crippen LogP contribution is -2.26. The molecule has 1 aromatic heterocycles. The smallest absolute Gasteiger partial charge is 0.325 e. The van der Waals surface area contributed by atoms with Gasteiger partial charge in [0.2, 0.25) is 0 Å². The highest BCUT2D eigenvalue weighted by molar-refractivity contribution is 5.76. The van der Waals surface area contributed by atoms with Crippen LogP contribution in [0.5, 0.6) is 0 Å². The Labute approximate surface area is 112 Å². The molecular weight excluding hydrogens is 269 g/mol. The van der Waals surface area contributed by atoms with Crippen molar-refractivity contribution >= 4 is 11.0 Å². The average Bonchev–Trinajstić information content (AvgIpc) is 2.72. The van der Waals surface area contributed by atoms with Crippen LogP contribution in [0.1, 0.15) is 5.82 Å². The van der Waals surface area contributed by atoms with Crippen LogP contribution in [0.25, 0.3) is 11.0 Å². The quantitative estimate of drug-likeness (QED) is 0.867. The first-order valence-electron chi connectivity index (χ1n) is 5.74. The van der Waals surface area contributed by atoms with Crippen molar-refractivity contribution in [3.05, 3.63) is 30.1 Å². The molecule has 1 unspecified atom stereocenters. The lowest BCUT2D eigenvalue weighted by atomic mass is 10.1. The summed E-state index contributed by atoms with van der Waals surface area (Å²) in [5, 5.41) is 17.4. The van der Waals surface area contributed by atoms with E-state index in [4.69, 9.17) is 10.5 Å². The van der Waals surface area contributed by atoms with E-state index in [1.165, 1.54) is 10.6 Å². The molecule has 20 heavy (non-hydrogen) atoms. The molecule has 0 N–H and O–H groups in total. The molecule has 0 radical (unpaired) electrons. The van der Waals surface area contributed by atoms with Crippen LogP contribution >= 0.6 is 0 Å². The molecule has 0 spiro atoms. The van der Waals surface area contributed by atoms with Gasteiger partial charge in [0.1, 0.15) is 5.82 Å². The van der Waals surface area contributed by atoms with Crippen LogP contribution in [-0.4, -0.2) is 15.7 Å². The number of benzene rings is 1. The third-order valence-corrected chi connectivity index (χ3v) is 2.89. The zero-order valence-electron chi connectivity index (χ0n) is 10.2. The van der Waals surface area contributed by atoms with E-state index in [2.05, 4.69) is 4.98 Å². The lowest BCUT2D eigenvalue weighted by Gasteiger charge is -2.15. The Morgan fingerprint density at radius 2 is 1.95 bits per heavy atom. The maximum absolute atomic E-state index is 12.7. The van der Waals surface area contributed by atoms with Gasteiger partial charge in [0, 0.05) is 6.54 Å². The van der Waals surface area contributed by atoms with E-state index in [0.29, 0.717) is 11.0 Å². The van der Waals surface area contributed by atoms with Crippen molar-refractivity contribution in [2.75, 3.05) is 0 Å². The summed E-state index contributed by atoms with van der Waals surface area (Å²) < 4.78 is 39.4. The maximum Gasteiger partial charge on any atom is 0.406 e. The first-order chi connectivity index (χ1) is 9.47. The van der Waals surface area contributed by atoms with E-state index in [-0.39, 0.29) is 12.2 Å². The molecule has 0 amide bonds. The van der Waals surface area contributed by atoms with Crippen molar-refractivity contribution in [3.8, 4) is 12.1 Å². The third kappa shape index (κ3) is 2.57. The minimum absolute atomic E-state index is 0.106. The van der Waals surface area contributed by atoms with Crippen LogP contribution in [0.4, 0.5) is 13.2 Å². The minimum atomic E-state index is -4.61.